The second-order valence-corrected chi connectivity index (χ2v) is 3.40. The van der Waals surface area contributed by atoms with Gasteiger partial charge in [0.25, 0.3) is 0 Å². The molecule has 2 unspecified atom stereocenters. The van der Waals surface area contributed by atoms with E-state index < -0.39 is 12.1 Å². The topological polar surface area (TPSA) is 57.5 Å². The number of hydrogen-bond acceptors (Lipinski definition) is 2. The summed E-state index contributed by atoms with van der Waals surface area (Å²) in [6.45, 7) is 1.96. The van der Waals surface area contributed by atoms with Crippen molar-refractivity contribution in [3.63, 3.8) is 0 Å². The Morgan fingerprint density at radius 1 is 1.75 bits per heavy atom. The molecule has 12 heavy (non-hydrogen) atoms. The van der Waals surface area contributed by atoms with E-state index in [1.54, 1.807) is 6.08 Å². The second-order valence-electron chi connectivity index (χ2n) is 3.40. The molecule has 68 valence electrons. The highest BCUT2D eigenvalue weighted by Crippen LogP contribution is 2.25. The SMILES string of the molecule is CC1=CC(O)C(CC(=O)O)CC1. The fourth-order valence-corrected chi connectivity index (χ4v) is 1.54. The van der Waals surface area contributed by atoms with Crippen LogP contribution in [0.4, 0.5) is 0 Å². The highest BCUT2D eigenvalue weighted by atomic mass is 16.4. The summed E-state index contributed by atoms with van der Waals surface area (Å²) in [6, 6.07) is 0. The van der Waals surface area contributed by atoms with Crippen molar-refractivity contribution >= 4 is 5.97 Å². The molecule has 0 heterocycles. The number of rotatable bonds is 2. The van der Waals surface area contributed by atoms with Crippen LogP contribution in [-0.2, 0) is 4.79 Å². The molecule has 0 saturated carbocycles. The van der Waals surface area contributed by atoms with E-state index in [0.29, 0.717) is 0 Å². The van der Waals surface area contributed by atoms with E-state index in [1.165, 1.54) is 0 Å². The van der Waals surface area contributed by atoms with Gasteiger partial charge in [0, 0.05) is 0 Å². The lowest BCUT2D eigenvalue weighted by Gasteiger charge is -2.24. The molecule has 0 fully saturated rings. The van der Waals surface area contributed by atoms with Gasteiger partial charge in [0.1, 0.15) is 0 Å². The average molecular weight is 170 g/mol. The van der Waals surface area contributed by atoms with E-state index in [2.05, 4.69) is 0 Å². The Bertz CT molecular complexity index is 208. The standard InChI is InChI=1S/C9H14O3/c1-6-2-3-7(5-9(11)12)8(10)4-6/h4,7-8,10H,2-3,5H2,1H3,(H,11,12). The van der Waals surface area contributed by atoms with Crippen LogP contribution in [-0.4, -0.2) is 22.3 Å². The van der Waals surface area contributed by atoms with Gasteiger partial charge >= 0.3 is 5.97 Å². The number of carboxylic acids is 1. The largest absolute Gasteiger partial charge is 0.481 e. The molecule has 0 bridgehead atoms. The lowest BCUT2D eigenvalue weighted by atomic mass is 9.86. The van der Waals surface area contributed by atoms with Crippen LogP contribution in [0.2, 0.25) is 0 Å². The van der Waals surface area contributed by atoms with E-state index in [0.717, 1.165) is 18.4 Å². The molecule has 1 aliphatic carbocycles. The molecule has 0 saturated heterocycles. The lowest BCUT2D eigenvalue weighted by Crippen LogP contribution is -2.24. The molecule has 1 rings (SSSR count). The average Bonchev–Trinajstić information content (AvgIpc) is 1.94. The van der Waals surface area contributed by atoms with Gasteiger partial charge in [-0.25, -0.2) is 0 Å². The molecule has 2 N–H and O–H groups in total. The molecule has 0 spiro atoms. The summed E-state index contributed by atoms with van der Waals surface area (Å²) >= 11 is 0. The molecule has 3 heteroatoms. The third kappa shape index (κ3) is 2.34. The zero-order chi connectivity index (χ0) is 9.14. The predicted molar refractivity (Wildman–Crippen MR) is 44.7 cm³/mol. The van der Waals surface area contributed by atoms with Gasteiger partial charge in [0.2, 0.25) is 0 Å². The Labute approximate surface area is 71.7 Å². The Morgan fingerprint density at radius 3 is 2.92 bits per heavy atom. The highest BCUT2D eigenvalue weighted by molar-refractivity contribution is 5.67. The number of hydrogen-bond donors (Lipinski definition) is 2. The van der Waals surface area contributed by atoms with Gasteiger partial charge in [-0.15, -0.1) is 0 Å². The summed E-state index contributed by atoms with van der Waals surface area (Å²) in [4.78, 5) is 10.4. The Balaban J connectivity index is 2.53. The van der Waals surface area contributed by atoms with Crippen molar-refractivity contribution in [3.05, 3.63) is 11.6 Å². The molecule has 0 amide bonds. The minimum atomic E-state index is -0.827. The zero-order valence-electron chi connectivity index (χ0n) is 7.16. The predicted octanol–water partition coefficient (Wildman–Crippen LogP) is 1.18. The van der Waals surface area contributed by atoms with Gasteiger partial charge in [0.15, 0.2) is 0 Å². The fourth-order valence-electron chi connectivity index (χ4n) is 1.54. The molecule has 3 nitrogen and oxygen atoms in total. The summed E-state index contributed by atoms with van der Waals surface area (Å²) in [5.41, 5.74) is 1.16. The molecule has 1 aliphatic rings. The second kappa shape index (κ2) is 3.72. The van der Waals surface area contributed by atoms with Crippen molar-refractivity contribution in [2.24, 2.45) is 5.92 Å². The van der Waals surface area contributed by atoms with Crippen LogP contribution in [0.3, 0.4) is 0 Å². The molecule has 0 radical (unpaired) electrons. The third-order valence-corrected chi connectivity index (χ3v) is 2.28. The molecular formula is C9H14O3. The van der Waals surface area contributed by atoms with Crippen LogP contribution in [0.1, 0.15) is 26.2 Å². The van der Waals surface area contributed by atoms with E-state index in [9.17, 15) is 9.90 Å². The maximum absolute atomic E-state index is 10.4. The van der Waals surface area contributed by atoms with Crippen LogP contribution in [0.25, 0.3) is 0 Å². The summed E-state index contributed by atoms with van der Waals surface area (Å²) in [5, 5.41) is 18.0. The van der Waals surface area contributed by atoms with Gasteiger partial charge in [-0.1, -0.05) is 11.6 Å². The summed E-state index contributed by atoms with van der Waals surface area (Å²) in [6.07, 6.45) is 2.97. The van der Waals surface area contributed by atoms with Crippen molar-refractivity contribution < 1.29 is 15.0 Å². The monoisotopic (exact) mass is 170 g/mol. The maximum Gasteiger partial charge on any atom is 0.303 e. The third-order valence-electron chi connectivity index (χ3n) is 2.28. The molecular weight excluding hydrogens is 156 g/mol. The quantitative estimate of drug-likeness (QED) is 0.612. The van der Waals surface area contributed by atoms with Crippen molar-refractivity contribution in [1.82, 2.24) is 0 Å². The van der Waals surface area contributed by atoms with Crippen LogP contribution in [0.15, 0.2) is 11.6 Å². The van der Waals surface area contributed by atoms with E-state index >= 15 is 0 Å². The van der Waals surface area contributed by atoms with Gasteiger partial charge in [-0.3, -0.25) is 4.79 Å². The Kier molecular flexibility index (Phi) is 2.87. The zero-order valence-corrected chi connectivity index (χ0v) is 7.16. The van der Waals surface area contributed by atoms with Crippen molar-refractivity contribution in [2.75, 3.05) is 0 Å². The fraction of sp³-hybridized carbons (Fsp3) is 0.667. The van der Waals surface area contributed by atoms with Crippen molar-refractivity contribution in [2.45, 2.75) is 32.3 Å². The van der Waals surface area contributed by atoms with Crippen LogP contribution in [0.5, 0.6) is 0 Å². The van der Waals surface area contributed by atoms with Gasteiger partial charge < -0.3 is 10.2 Å². The summed E-state index contributed by atoms with van der Waals surface area (Å²) in [5.74, 6) is -0.918. The molecule has 0 aromatic carbocycles. The summed E-state index contributed by atoms with van der Waals surface area (Å²) < 4.78 is 0. The van der Waals surface area contributed by atoms with Gasteiger partial charge in [-0.2, -0.15) is 0 Å². The first kappa shape index (κ1) is 9.26. The number of aliphatic carboxylic acids is 1. The van der Waals surface area contributed by atoms with Crippen molar-refractivity contribution in [1.29, 1.82) is 0 Å². The van der Waals surface area contributed by atoms with E-state index in [-0.39, 0.29) is 12.3 Å². The first-order valence-electron chi connectivity index (χ1n) is 4.16. The number of carbonyl (C=O) groups is 1. The van der Waals surface area contributed by atoms with Crippen LogP contribution in [0, 0.1) is 5.92 Å². The van der Waals surface area contributed by atoms with E-state index in [4.69, 9.17) is 5.11 Å². The number of carboxylic acid groups (broad SMARTS) is 1. The van der Waals surface area contributed by atoms with Gasteiger partial charge in [-0.05, 0) is 25.7 Å². The van der Waals surface area contributed by atoms with Crippen LogP contribution < -0.4 is 0 Å². The number of aliphatic hydroxyl groups excluding tert-OH is 1. The summed E-state index contributed by atoms with van der Waals surface area (Å²) in [7, 11) is 0. The normalized spacial score (nSPS) is 29.7. The van der Waals surface area contributed by atoms with Crippen molar-refractivity contribution in [3.8, 4) is 0 Å². The first-order valence-corrected chi connectivity index (χ1v) is 4.16. The highest BCUT2D eigenvalue weighted by Gasteiger charge is 2.23. The molecule has 0 aromatic heterocycles. The minimum Gasteiger partial charge on any atom is -0.481 e. The first-order chi connectivity index (χ1) is 5.59. The van der Waals surface area contributed by atoms with E-state index in [1.807, 2.05) is 6.92 Å². The van der Waals surface area contributed by atoms with Crippen LogP contribution >= 0.6 is 0 Å². The smallest absolute Gasteiger partial charge is 0.303 e. The van der Waals surface area contributed by atoms with Gasteiger partial charge in [0.05, 0.1) is 12.5 Å². The minimum absolute atomic E-state index is 0.0744. The molecule has 2 atom stereocenters. The lowest BCUT2D eigenvalue weighted by molar-refractivity contribution is -0.139. The number of allylic oxidation sites excluding steroid dienone is 1. The molecule has 0 aliphatic heterocycles. The number of aliphatic hydroxyl groups is 1. The molecule has 0 aromatic rings. The Hall–Kier alpha value is -0.830. The maximum atomic E-state index is 10.4. The Morgan fingerprint density at radius 2 is 2.42 bits per heavy atom.